The van der Waals surface area contributed by atoms with Crippen LogP contribution in [0.25, 0.3) is 22.6 Å². The molecule has 7 heteroatoms. The molecular formula is C23H27N7. The molecule has 0 aromatic carbocycles. The van der Waals surface area contributed by atoms with Gasteiger partial charge in [0.25, 0.3) is 0 Å². The van der Waals surface area contributed by atoms with Crippen LogP contribution in [0.2, 0.25) is 0 Å². The van der Waals surface area contributed by atoms with Crippen molar-refractivity contribution >= 4 is 22.8 Å². The molecule has 2 aliphatic carbocycles. The molecule has 1 aliphatic heterocycles. The minimum Gasteiger partial charge on any atom is -0.383 e. The molecule has 0 amide bonds. The third-order valence-corrected chi connectivity index (χ3v) is 6.76. The van der Waals surface area contributed by atoms with E-state index in [0.717, 1.165) is 59.9 Å². The largest absolute Gasteiger partial charge is 0.383 e. The lowest BCUT2D eigenvalue weighted by Crippen LogP contribution is -2.17. The average molecular weight is 402 g/mol. The fraction of sp³-hybridized carbons (Fsp3) is 0.478. The van der Waals surface area contributed by atoms with Crippen LogP contribution < -0.4 is 11.1 Å². The minimum absolute atomic E-state index is 0.0523. The first kappa shape index (κ1) is 17.9. The zero-order valence-electron chi connectivity index (χ0n) is 17.5. The van der Waals surface area contributed by atoms with Crippen molar-refractivity contribution in [1.29, 1.82) is 0 Å². The van der Waals surface area contributed by atoms with Gasteiger partial charge in [0.1, 0.15) is 11.6 Å². The van der Waals surface area contributed by atoms with Crippen LogP contribution in [0.3, 0.4) is 0 Å². The third-order valence-electron chi connectivity index (χ3n) is 6.76. The van der Waals surface area contributed by atoms with Crippen LogP contribution in [0.4, 0.5) is 11.6 Å². The topological polar surface area (TPSA) is 94.5 Å². The molecule has 6 rings (SSSR count). The molecule has 3 aromatic rings. The zero-order chi connectivity index (χ0) is 20.5. The van der Waals surface area contributed by atoms with E-state index in [9.17, 15) is 0 Å². The number of anilines is 2. The summed E-state index contributed by atoms with van der Waals surface area (Å²) in [6, 6.07) is 2.13. The van der Waals surface area contributed by atoms with E-state index in [4.69, 9.17) is 20.7 Å². The molecule has 0 saturated heterocycles. The van der Waals surface area contributed by atoms with Crippen LogP contribution in [0.1, 0.15) is 56.8 Å². The molecule has 0 radical (unpaired) electrons. The maximum atomic E-state index is 6.13. The van der Waals surface area contributed by atoms with Crippen LogP contribution in [-0.4, -0.2) is 31.0 Å². The Morgan fingerprint density at radius 1 is 1.23 bits per heavy atom. The van der Waals surface area contributed by atoms with Crippen LogP contribution in [0.5, 0.6) is 0 Å². The van der Waals surface area contributed by atoms with Crippen LogP contribution in [0.15, 0.2) is 24.4 Å². The number of nitrogens with one attached hydrogen (secondary N) is 1. The lowest BCUT2D eigenvalue weighted by molar-refractivity contribution is 0.510. The number of nitrogens with zero attached hydrogens (tertiary/aromatic N) is 5. The van der Waals surface area contributed by atoms with Gasteiger partial charge in [0.2, 0.25) is 0 Å². The van der Waals surface area contributed by atoms with Gasteiger partial charge in [-0.25, -0.2) is 19.9 Å². The number of aryl methyl sites for hydroxylation is 1. The van der Waals surface area contributed by atoms with Crippen molar-refractivity contribution < 1.29 is 0 Å². The maximum Gasteiger partial charge on any atom is 0.166 e. The molecule has 0 bridgehead atoms. The molecule has 7 nitrogen and oxygen atoms in total. The van der Waals surface area contributed by atoms with Crippen LogP contribution in [0, 0.1) is 5.92 Å². The Balaban J connectivity index is 1.49. The summed E-state index contributed by atoms with van der Waals surface area (Å²) in [5.74, 6) is 4.33. The Hall–Kier alpha value is -2.96. The molecule has 1 atom stereocenters. The van der Waals surface area contributed by atoms with Crippen molar-refractivity contribution in [2.45, 2.75) is 57.4 Å². The normalized spacial score (nSPS) is 21.6. The first-order chi connectivity index (χ1) is 14.5. The predicted octanol–water partition coefficient (Wildman–Crippen LogP) is 4.02. The second-order valence-electron chi connectivity index (χ2n) is 9.57. The van der Waals surface area contributed by atoms with Crippen molar-refractivity contribution in [3.8, 4) is 11.4 Å². The lowest BCUT2D eigenvalue weighted by atomic mass is 9.91. The van der Waals surface area contributed by atoms with Crippen LogP contribution in [-0.2, 0) is 12.0 Å². The summed E-state index contributed by atoms with van der Waals surface area (Å²) in [6.07, 6.45) is 10.8. The molecule has 3 aromatic heterocycles. The van der Waals surface area contributed by atoms with E-state index >= 15 is 0 Å². The number of hydrogen-bond acceptors (Lipinski definition) is 6. The second kappa shape index (κ2) is 6.27. The van der Waals surface area contributed by atoms with E-state index in [2.05, 4.69) is 46.9 Å². The number of imidazole rings is 1. The van der Waals surface area contributed by atoms with E-state index in [0.29, 0.717) is 23.5 Å². The van der Waals surface area contributed by atoms with E-state index in [1.54, 1.807) is 6.20 Å². The number of aromatic nitrogens is 5. The van der Waals surface area contributed by atoms with Crippen molar-refractivity contribution in [2.75, 3.05) is 17.6 Å². The van der Waals surface area contributed by atoms with Crippen molar-refractivity contribution in [1.82, 2.24) is 24.5 Å². The SMILES string of the molecule is CC1(C)CCn2c1nc1c(NCC3C=CC3)nc(-c3cnc(N)c(C4CC4)c3)nc12. The highest BCUT2D eigenvalue weighted by atomic mass is 15.2. The van der Waals surface area contributed by atoms with Gasteiger partial charge >= 0.3 is 0 Å². The molecule has 3 aliphatic rings. The molecule has 0 spiro atoms. The lowest BCUT2D eigenvalue weighted by Gasteiger charge is -2.19. The van der Waals surface area contributed by atoms with E-state index in [-0.39, 0.29) is 5.41 Å². The predicted molar refractivity (Wildman–Crippen MR) is 118 cm³/mol. The summed E-state index contributed by atoms with van der Waals surface area (Å²) in [5.41, 5.74) is 10.0. The van der Waals surface area contributed by atoms with Crippen LogP contribution >= 0.6 is 0 Å². The smallest absolute Gasteiger partial charge is 0.166 e. The number of nitrogens with two attached hydrogens (primary N) is 1. The van der Waals surface area contributed by atoms with Crippen molar-refractivity contribution in [2.24, 2.45) is 5.92 Å². The highest BCUT2D eigenvalue weighted by Crippen LogP contribution is 2.43. The number of allylic oxidation sites excluding steroid dienone is 1. The molecule has 3 N–H and O–H groups in total. The minimum atomic E-state index is 0.0523. The molecule has 4 heterocycles. The standard InChI is InChI=1S/C23H27N7/c1-23(2)8-9-30-21-17(27-22(23)30)20(26-11-13-4-3-5-13)28-19(29-21)15-10-16(14-6-7-14)18(24)25-12-15/h3-4,10,12-14H,5-9,11H2,1-2H3,(H2,24,25)(H,26,28,29). The first-order valence-corrected chi connectivity index (χ1v) is 10.9. The summed E-state index contributed by atoms with van der Waals surface area (Å²) in [4.78, 5) is 19.3. The van der Waals surface area contributed by atoms with Gasteiger partial charge in [0.15, 0.2) is 22.8 Å². The van der Waals surface area contributed by atoms with Gasteiger partial charge in [-0.15, -0.1) is 0 Å². The van der Waals surface area contributed by atoms with E-state index < -0.39 is 0 Å². The highest BCUT2D eigenvalue weighted by Gasteiger charge is 2.35. The molecule has 1 fully saturated rings. The van der Waals surface area contributed by atoms with Gasteiger partial charge in [-0.3, -0.25) is 0 Å². The molecule has 30 heavy (non-hydrogen) atoms. The van der Waals surface area contributed by atoms with Gasteiger partial charge in [0, 0.05) is 30.3 Å². The molecular weight excluding hydrogens is 374 g/mol. The monoisotopic (exact) mass is 401 g/mol. The van der Waals surface area contributed by atoms with Gasteiger partial charge in [0.05, 0.1) is 0 Å². The fourth-order valence-electron chi connectivity index (χ4n) is 4.53. The highest BCUT2D eigenvalue weighted by molar-refractivity contribution is 5.86. The zero-order valence-corrected chi connectivity index (χ0v) is 17.5. The number of hydrogen-bond donors (Lipinski definition) is 2. The summed E-state index contributed by atoms with van der Waals surface area (Å²) >= 11 is 0. The van der Waals surface area contributed by atoms with Gasteiger partial charge < -0.3 is 15.6 Å². The third kappa shape index (κ3) is 2.79. The number of fused-ring (bicyclic) bond motifs is 3. The van der Waals surface area contributed by atoms with E-state index in [1.165, 1.54) is 12.8 Å². The second-order valence-corrected chi connectivity index (χ2v) is 9.57. The summed E-state index contributed by atoms with van der Waals surface area (Å²) in [6.45, 7) is 6.31. The molecule has 154 valence electrons. The number of rotatable bonds is 5. The summed E-state index contributed by atoms with van der Waals surface area (Å²) < 4.78 is 2.27. The van der Waals surface area contributed by atoms with Crippen molar-refractivity contribution in [3.63, 3.8) is 0 Å². The Kier molecular flexibility index (Phi) is 3.73. The fourth-order valence-corrected chi connectivity index (χ4v) is 4.53. The maximum absolute atomic E-state index is 6.13. The first-order valence-electron chi connectivity index (χ1n) is 10.9. The molecule has 1 unspecified atom stereocenters. The Labute approximate surface area is 175 Å². The van der Waals surface area contributed by atoms with Gasteiger partial charge in [-0.1, -0.05) is 26.0 Å². The molecule has 1 saturated carbocycles. The van der Waals surface area contributed by atoms with Gasteiger partial charge in [-0.05, 0) is 49.1 Å². The quantitative estimate of drug-likeness (QED) is 0.627. The Morgan fingerprint density at radius 3 is 2.80 bits per heavy atom. The average Bonchev–Trinajstić information content (AvgIpc) is 3.39. The Morgan fingerprint density at radius 2 is 2.07 bits per heavy atom. The summed E-state index contributed by atoms with van der Waals surface area (Å²) in [7, 11) is 0. The Bertz CT molecular complexity index is 1190. The van der Waals surface area contributed by atoms with E-state index in [1.807, 2.05) is 0 Å². The number of pyridine rings is 1. The van der Waals surface area contributed by atoms with Gasteiger partial charge in [-0.2, -0.15) is 0 Å². The number of nitrogen functional groups attached to an aromatic ring is 1. The van der Waals surface area contributed by atoms with Crippen molar-refractivity contribution in [3.05, 3.63) is 35.8 Å². The summed E-state index contributed by atoms with van der Waals surface area (Å²) in [5, 5.41) is 3.55.